The van der Waals surface area contributed by atoms with Crippen LogP contribution in [0.2, 0.25) is 0 Å². The zero-order chi connectivity index (χ0) is 22.2. The zero-order valence-corrected chi connectivity index (χ0v) is 15.2. The Hall–Kier alpha value is -3.77. The average molecular weight is 443 g/mol. The molecule has 0 radical (unpaired) electrons. The molecule has 2 aromatic heterocycles. The van der Waals surface area contributed by atoms with Gasteiger partial charge in [-0.05, 0) is 41.6 Å². The maximum absolute atomic E-state index is 14.4. The summed E-state index contributed by atoms with van der Waals surface area (Å²) in [6.45, 7) is -3.61. The molecule has 0 bridgehead atoms. The zero-order valence-electron chi connectivity index (χ0n) is 15.2. The first kappa shape index (κ1) is 20.5. The van der Waals surface area contributed by atoms with Crippen LogP contribution in [-0.4, -0.2) is 27.2 Å². The Morgan fingerprint density at radius 1 is 1.13 bits per heavy atom. The molecule has 4 rings (SSSR count). The molecule has 7 nitrogen and oxygen atoms in total. The highest BCUT2D eigenvalue weighted by Gasteiger charge is 2.35. The lowest BCUT2D eigenvalue weighted by atomic mass is 10.1. The number of tetrazole rings is 1. The van der Waals surface area contributed by atoms with Gasteiger partial charge in [-0.1, -0.05) is 0 Å². The summed E-state index contributed by atoms with van der Waals surface area (Å²) in [5.74, 6) is -1.22. The van der Waals surface area contributed by atoms with Crippen LogP contribution in [0.5, 0.6) is 5.75 Å². The van der Waals surface area contributed by atoms with Crippen LogP contribution in [0.3, 0.4) is 0 Å². The Morgan fingerprint density at radius 2 is 1.94 bits per heavy atom. The molecule has 0 aliphatic rings. The fraction of sp³-hybridized carbons (Fsp3) is 0.167. The van der Waals surface area contributed by atoms with E-state index in [2.05, 4.69) is 30.7 Å². The third-order valence-electron chi connectivity index (χ3n) is 4.24. The highest BCUT2D eigenvalue weighted by molar-refractivity contribution is 5.82. The number of benzene rings is 2. The van der Waals surface area contributed by atoms with Crippen LogP contribution in [0.15, 0.2) is 40.8 Å². The number of fused-ring (bicyclic) bond motifs is 1. The van der Waals surface area contributed by atoms with E-state index in [4.69, 9.17) is 4.42 Å². The van der Waals surface area contributed by atoms with Crippen molar-refractivity contribution >= 4 is 16.7 Å². The van der Waals surface area contributed by atoms with Crippen molar-refractivity contribution in [2.75, 3.05) is 5.32 Å². The normalized spacial score (nSPS) is 12.0. The minimum absolute atomic E-state index is 0.0691. The fourth-order valence-electron chi connectivity index (χ4n) is 2.87. The molecule has 0 saturated carbocycles. The molecule has 0 amide bonds. The molecule has 2 N–H and O–H groups in total. The van der Waals surface area contributed by atoms with Crippen LogP contribution in [-0.2, 0) is 12.7 Å². The van der Waals surface area contributed by atoms with Gasteiger partial charge in [0.2, 0.25) is 5.82 Å². The lowest BCUT2D eigenvalue weighted by Crippen LogP contribution is -2.12. The maximum atomic E-state index is 14.4. The van der Waals surface area contributed by atoms with Gasteiger partial charge in [-0.2, -0.15) is 27.2 Å². The lowest BCUT2D eigenvalue weighted by molar-refractivity contribution is -0.141. The molecule has 0 fully saturated rings. The Morgan fingerprint density at radius 3 is 2.61 bits per heavy atom. The molecule has 13 heteroatoms. The molecule has 0 aliphatic heterocycles. The number of furan rings is 1. The first-order valence-corrected chi connectivity index (χ1v) is 8.56. The second-order valence-electron chi connectivity index (χ2n) is 6.27. The first-order chi connectivity index (χ1) is 14.7. The van der Waals surface area contributed by atoms with Gasteiger partial charge in [0, 0.05) is 23.2 Å². The van der Waals surface area contributed by atoms with E-state index >= 15 is 0 Å². The number of halogens is 6. The third kappa shape index (κ3) is 4.39. The van der Waals surface area contributed by atoms with E-state index in [1.807, 2.05) is 0 Å². The van der Waals surface area contributed by atoms with Gasteiger partial charge in [-0.15, -0.1) is 10.2 Å². The van der Waals surface area contributed by atoms with E-state index in [1.54, 1.807) is 0 Å². The number of alkyl halides is 5. The summed E-state index contributed by atoms with van der Waals surface area (Å²) < 4.78 is 88.1. The lowest BCUT2D eigenvalue weighted by Gasteiger charge is -2.15. The van der Waals surface area contributed by atoms with Crippen molar-refractivity contribution < 1.29 is 35.5 Å². The van der Waals surface area contributed by atoms with E-state index in [0.29, 0.717) is 17.0 Å². The maximum Gasteiger partial charge on any atom is 0.420 e. The number of H-pyrrole nitrogens is 1. The van der Waals surface area contributed by atoms with E-state index < -0.39 is 29.9 Å². The minimum Gasteiger partial charge on any atom is -0.453 e. The van der Waals surface area contributed by atoms with Crippen LogP contribution < -0.4 is 10.1 Å². The van der Waals surface area contributed by atoms with Crippen molar-refractivity contribution in [2.45, 2.75) is 19.3 Å². The van der Waals surface area contributed by atoms with Crippen molar-refractivity contribution in [1.29, 1.82) is 0 Å². The number of ether oxygens (including phenoxy) is 1. The molecule has 31 heavy (non-hydrogen) atoms. The molecular weight excluding hydrogens is 432 g/mol. The van der Waals surface area contributed by atoms with E-state index in [-0.39, 0.29) is 29.4 Å². The quantitative estimate of drug-likeness (QED) is 0.409. The molecule has 4 aromatic rings. The SMILES string of the molecule is Fc1cc2cc(-c3nn[nH]n3)oc2cc1CNc1ccc(OC(F)F)c(C(F)(F)F)c1. The fourth-order valence-corrected chi connectivity index (χ4v) is 2.87. The molecule has 0 aliphatic carbocycles. The van der Waals surface area contributed by atoms with Gasteiger partial charge in [-0.3, -0.25) is 0 Å². The van der Waals surface area contributed by atoms with Gasteiger partial charge in [0.1, 0.15) is 17.1 Å². The molecule has 162 valence electrons. The van der Waals surface area contributed by atoms with Gasteiger partial charge in [0.25, 0.3) is 0 Å². The number of rotatable bonds is 6. The summed E-state index contributed by atoms with van der Waals surface area (Å²) in [5, 5.41) is 16.2. The minimum atomic E-state index is -4.92. The van der Waals surface area contributed by atoms with Gasteiger partial charge < -0.3 is 14.5 Å². The predicted molar refractivity (Wildman–Crippen MR) is 94.7 cm³/mol. The number of nitrogens with zero attached hydrogens (tertiary/aromatic N) is 3. The average Bonchev–Trinajstić information content (AvgIpc) is 3.35. The molecule has 0 spiro atoms. The second kappa shape index (κ2) is 7.81. The number of aromatic nitrogens is 4. The van der Waals surface area contributed by atoms with Crippen molar-refractivity contribution in [1.82, 2.24) is 20.6 Å². The molecule has 2 heterocycles. The van der Waals surface area contributed by atoms with Crippen LogP contribution >= 0.6 is 0 Å². The monoisotopic (exact) mass is 443 g/mol. The standard InChI is InChI=1S/C18H11F6N5O2/c19-12-3-8-4-15(16-26-28-29-27-16)30-14(8)5-9(12)7-25-10-1-2-13(31-17(20)21)11(6-10)18(22,23)24/h1-6,17,25H,7H2,(H,26,27,28,29). The Kier molecular flexibility index (Phi) is 5.17. The summed E-state index contributed by atoms with van der Waals surface area (Å²) in [6, 6.07) is 6.57. The molecular formula is C18H11F6N5O2. The van der Waals surface area contributed by atoms with Crippen LogP contribution in [0.25, 0.3) is 22.6 Å². The smallest absolute Gasteiger partial charge is 0.420 e. The van der Waals surface area contributed by atoms with Crippen LogP contribution in [0.1, 0.15) is 11.1 Å². The van der Waals surface area contributed by atoms with Gasteiger partial charge in [-0.25, -0.2) is 4.39 Å². The number of anilines is 1. The molecule has 2 aromatic carbocycles. The number of hydrogen-bond donors (Lipinski definition) is 2. The first-order valence-electron chi connectivity index (χ1n) is 8.56. The Bertz CT molecular complexity index is 1210. The second-order valence-corrected chi connectivity index (χ2v) is 6.27. The number of nitrogens with one attached hydrogen (secondary N) is 2. The number of hydrogen-bond acceptors (Lipinski definition) is 6. The highest BCUT2D eigenvalue weighted by atomic mass is 19.4. The third-order valence-corrected chi connectivity index (χ3v) is 4.24. The summed E-state index contributed by atoms with van der Waals surface area (Å²) in [5.41, 5.74) is -1.05. The topological polar surface area (TPSA) is 88.9 Å². The highest BCUT2D eigenvalue weighted by Crippen LogP contribution is 2.38. The van der Waals surface area contributed by atoms with Crippen LogP contribution in [0.4, 0.5) is 32.0 Å². The van der Waals surface area contributed by atoms with E-state index in [0.717, 1.165) is 12.1 Å². The van der Waals surface area contributed by atoms with Crippen molar-refractivity contribution in [2.24, 2.45) is 0 Å². The van der Waals surface area contributed by atoms with Crippen molar-refractivity contribution in [3.05, 3.63) is 53.3 Å². The van der Waals surface area contributed by atoms with E-state index in [9.17, 15) is 26.3 Å². The van der Waals surface area contributed by atoms with Gasteiger partial charge in [0.15, 0.2) is 5.76 Å². The van der Waals surface area contributed by atoms with Gasteiger partial charge in [0.05, 0.1) is 5.56 Å². The summed E-state index contributed by atoms with van der Waals surface area (Å²) in [7, 11) is 0. The molecule has 0 unspecified atom stereocenters. The summed E-state index contributed by atoms with van der Waals surface area (Å²) in [4.78, 5) is 0. The van der Waals surface area contributed by atoms with Crippen LogP contribution in [0, 0.1) is 5.82 Å². The summed E-state index contributed by atoms with van der Waals surface area (Å²) >= 11 is 0. The van der Waals surface area contributed by atoms with Crippen molar-refractivity contribution in [3.63, 3.8) is 0 Å². The van der Waals surface area contributed by atoms with Crippen molar-refractivity contribution in [3.8, 4) is 17.3 Å². The van der Waals surface area contributed by atoms with Gasteiger partial charge >= 0.3 is 12.8 Å². The summed E-state index contributed by atoms with van der Waals surface area (Å²) in [6.07, 6.45) is -4.92. The number of aromatic amines is 1. The Labute approximate surface area is 169 Å². The largest absolute Gasteiger partial charge is 0.453 e. The Balaban J connectivity index is 1.58. The molecule has 0 saturated heterocycles. The predicted octanol–water partition coefficient (Wildman–Crippen LogP) is 4.98. The van der Waals surface area contributed by atoms with E-state index in [1.165, 1.54) is 18.2 Å². The molecule has 0 atom stereocenters.